The van der Waals surface area contributed by atoms with Crippen LogP contribution in [-0.2, 0) is 16.0 Å². The van der Waals surface area contributed by atoms with E-state index in [2.05, 4.69) is 56.7 Å². The number of rotatable bonds is 10. The van der Waals surface area contributed by atoms with Gasteiger partial charge in [-0.05, 0) is 36.8 Å². The molecule has 6 nitrogen and oxygen atoms in total. The number of ether oxygens (including phenoxy) is 2. The Bertz CT molecular complexity index is 713. The zero-order valence-corrected chi connectivity index (χ0v) is 19.1. The number of hydrogen-bond acceptors (Lipinski definition) is 3. The molecule has 1 aromatic heterocycles. The number of aryl methyl sites for hydroxylation is 1. The van der Waals surface area contributed by atoms with E-state index < -0.39 is 0 Å². The lowest BCUT2D eigenvalue weighted by Crippen LogP contribution is -2.38. The van der Waals surface area contributed by atoms with Crippen molar-refractivity contribution in [2.45, 2.75) is 25.8 Å². The molecule has 156 valence electrons. The number of nitrogens with one attached hydrogen (secondary N) is 2. The molecule has 0 spiro atoms. The predicted octanol–water partition coefficient (Wildman–Crippen LogP) is 3.26. The summed E-state index contributed by atoms with van der Waals surface area (Å²) < 4.78 is 13.4. The normalized spacial score (nSPS) is 16.9. The highest BCUT2D eigenvalue weighted by molar-refractivity contribution is 14.0. The lowest BCUT2D eigenvalue weighted by molar-refractivity contribution is 0.0888. The number of guanidine groups is 1. The third kappa shape index (κ3) is 7.25. The molecule has 1 unspecified atom stereocenters. The van der Waals surface area contributed by atoms with Crippen molar-refractivity contribution >= 4 is 40.8 Å². The number of halogens is 1. The van der Waals surface area contributed by atoms with Crippen molar-refractivity contribution in [2.75, 3.05) is 46.6 Å². The Morgan fingerprint density at radius 1 is 1.21 bits per heavy atom. The van der Waals surface area contributed by atoms with Crippen LogP contribution < -0.4 is 10.6 Å². The number of aromatic nitrogens is 1. The number of benzene rings is 1. The average molecular weight is 500 g/mol. The van der Waals surface area contributed by atoms with Crippen LogP contribution in [0.3, 0.4) is 0 Å². The first-order valence-electron chi connectivity index (χ1n) is 10.0. The predicted molar refractivity (Wildman–Crippen MR) is 126 cm³/mol. The number of para-hydroxylation sites is 1. The molecule has 2 aromatic rings. The zero-order chi connectivity index (χ0) is 18.7. The lowest BCUT2D eigenvalue weighted by Gasteiger charge is -2.13. The van der Waals surface area contributed by atoms with E-state index in [0.717, 1.165) is 71.3 Å². The molecule has 1 fully saturated rings. The SMILES string of the molecule is CN=C(NCCCOCC1CCOC1)NCCCn1ccc2ccccc21.I. The molecule has 1 aromatic carbocycles. The maximum absolute atomic E-state index is 5.72. The molecule has 0 radical (unpaired) electrons. The largest absolute Gasteiger partial charge is 0.381 e. The average Bonchev–Trinajstić information content (AvgIpc) is 3.36. The van der Waals surface area contributed by atoms with Gasteiger partial charge in [-0.3, -0.25) is 4.99 Å². The molecule has 0 aliphatic carbocycles. The molecule has 1 atom stereocenters. The Morgan fingerprint density at radius 3 is 2.82 bits per heavy atom. The Morgan fingerprint density at radius 2 is 2.04 bits per heavy atom. The molecule has 2 heterocycles. The molecule has 3 rings (SSSR count). The van der Waals surface area contributed by atoms with E-state index in [1.807, 2.05) is 7.05 Å². The van der Waals surface area contributed by atoms with E-state index in [4.69, 9.17) is 9.47 Å². The summed E-state index contributed by atoms with van der Waals surface area (Å²) in [4.78, 5) is 4.28. The van der Waals surface area contributed by atoms with Crippen molar-refractivity contribution in [3.8, 4) is 0 Å². The first-order valence-corrected chi connectivity index (χ1v) is 10.0. The molecule has 1 aliphatic rings. The summed E-state index contributed by atoms with van der Waals surface area (Å²) in [5, 5.41) is 8.03. The fourth-order valence-corrected chi connectivity index (χ4v) is 3.36. The second kappa shape index (κ2) is 13.0. The minimum absolute atomic E-state index is 0. The minimum Gasteiger partial charge on any atom is -0.381 e. The van der Waals surface area contributed by atoms with Crippen molar-refractivity contribution in [2.24, 2.45) is 10.9 Å². The summed E-state index contributed by atoms with van der Waals surface area (Å²) in [5.74, 6) is 1.45. The molecule has 0 saturated carbocycles. The van der Waals surface area contributed by atoms with Gasteiger partial charge in [-0.25, -0.2) is 0 Å². The van der Waals surface area contributed by atoms with Gasteiger partial charge in [0.15, 0.2) is 5.96 Å². The Kier molecular flexibility index (Phi) is 10.7. The first kappa shape index (κ1) is 23.0. The van der Waals surface area contributed by atoms with Crippen LogP contribution in [-0.4, -0.2) is 57.1 Å². The van der Waals surface area contributed by atoms with Gasteiger partial charge in [0.05, 0.1) is 13.2 Å². The summed E-state index contributed by atoms with van der Waals surface area (Å²) in [5.41, 5.74) is 1.30. The molecule has 28 heavy (non-hydrogen) atoms. The zero-order valence-electron chi connectivity index (χ0n) is 16.7. The Labute approximate surface area is 185 Å². The fraction of sp³-hybridized carbons (Fsp3) is 0.571. The van der Waals surface area contributed by atoms with Crippen LogP contribution >= 0.6 is 24.0 Å². The monoisotopic (exact) mass is 500 g/mol. The van der Waals surface area contributed by atoms with Crippen molar-refractivity contribution in [3.63, 3.8) is 0 Å². The van der Waals surface area contributed by atoms with Crippen LogP contribution in [0, 0.1) is 5.92 Å². The van der Waals surface area contributed by atoms with Gasteiger partial charge in [-0.15, -0.1) is 24.0 Å². The van der Waals surface area contributed by atoms with Gasteiger partial charge < -0.3 is 24.7 Å². The van der Waals surface area contributed by atoms with Crippen LogP contribution in [0.1, 0.15) is 19.3 Å². The first-order chi connectivity index (χ1) is 13.4. The second-order valence-corrected chi connectivity index (χ2v) is 7.01. The van der Waals surface area contributed by atoms with Crippen molar-refractivity contribution in [1.82, 2.24) is 15.2 Å². The van der Waals surface area contributed by atoms with Crippen LogP contribution in [0.15, 0.2) is 41.5 Å². The summed E-state index contributed by atoms with van der Waals surface area (Å²) >= 11 is 0. The Hall–Kier alpha value is -1.32. The number of nitrogens with zero attached hydrogens (tertiary/aromatic N) is 2. The van der Waals surface area contributed by atoms with Crippen molar-refractivity contribution < 1.29 is 9.47 Å². The molecule has 2 N–H and O–H groups in total. The van der Waals surface area contributed by atoms with Gasteiger partial charge in [-0.2, -0.15) is 0 Å². The molecule has 0 amide bonds. The standard InChI is InChI=1S/C21H32N4O2.HI/c1-22-21(24-11-5-14-26-16-18-9-15-27-17-18)23-10-4-12-25-13-8-19-6-2-3-7-20(19)25;/h2-3,6-8,13,18H,4-5,9-12,14-17H2,1H3,(H2,22,23,24);1H. The fourth-order valence-electron chi connectivity index (χ4n) is 3.36. The highest BCUT2D eigenvalue weighted by Crippen LogP contribution is 2.15. The molecule has 0 bridgehead atoms. The second-order valence-electron chi connectivity index (χ2n) is 7.01. The Balaban J connectivity index is 0.00000280. The third-order valence-corrected chi connectivity index (χ3v) is 4.91. The van der Waals surface area contributed by atoms with E-state index in [1.165, 1.54) is 10.9 Å². The number of fused-ring (bicyclic) bond motifs is 1. The van der Waals surface area contributed by atoms with Gasteiger partial charge in [0.1, 0.15) is 0 Å². The van der Waals surface area contributed by atoms with E-state index in [0.29, 0.717) is 5.92 Å². The third-order valence-electron chi connectivity index (χ3n) is 4.91. The van der Waals surface area contributed by atoms with E-state index in [-0.39, 0.29) is 24.0 Å². The molecular formula is C21H33IN4O2. The van der Waals surface area contributed by atoms with Crippen LogP contribution in [0.4, 0.5) is 0 Å². The van der Waals surface area contributed by atoms with Gasteiger partial charge in [-0.1, -0.05) is 18.2 Å². The molecular weight excluding hydrogens is 467 g/mol. The number of hydrogen-bond donors (Lipinski definition) is 2. The maximum Gasteiger partial charge on any atom is 0.190 e. The molecule has 1 aliphatic heterocycles. The smallest absolute Gasteiger partial charge is 0.190 e. The molecule has 7 heteroatoms. The topological polar surface area (TPSA) is 59.8 Å². The summed E-state index contributed by atoms with van der Waals surface area (Å²) in [7, 11) is 1.81. The summed E-state index contributed by atoms with van der Waals surface area (Å²) in [6, 6.07) is 10.7. The summed E-state index contributed by atoms with van der Waals surface area (Å²) in [6.07, 6.45) is 5.32. The lowest BCUT2D eigenvalue weighted by atomic mass is 10.1. The molecule has 1 saturated heterocycles. The van der Waals surface area contributed by atoms with Gasteiger partial charge in [0.25, 0.3) is 0 Å². The van der Waals surface area contributed by atoms with E-state index in [1.54, 1.807) is 0 Å². The minimum atomic E-state index is 0. The highest BCUT2D eigenvalue weighted by Gasteiger charge is 2.15. The van der Waals surface area contributed by atoms with Gasteiger partial charge >= 0.3 is 0 Å². The van der Waals surface area contributed by atoms with Gasteiger partial charge in [0, 0.05) is 57.5 Å². The quantitative estimate of drug-likeness (QED) is 0.228. The van der Waals surface area contributed by atoms with Crippen LogP contribution in [0.25, 0.3) is 10.9 Å². The van der Waals surface area contributed by atoms with Gasteiger partial charge in [0.2, 0.25) is 0 Å². The highest BCUT2D eigenvalue weighted by atomic mass is 127. The maximum atomic E-state index is 5.72. The van der Waals surface area contributed by atoms with Crippen molar-refractivity contribution in [3.05, 3.63) is 36.5 Å². The van der Waals surface area contributed by atoms with Crippen LogP contribution in [0.2, 0.25) is 0 Å². The number of aliphatic imine (C=N–C) groups is 1. The summed E-state index contributed by atoms with van der Waals surface area (Å²) in [6.45, 7) is 6.09. The van der Waals surface area contributed by atoms with Crippen LogP contribution in [0.5, 0.6) is 0 Å². The van der Waals surface area contributed by atoms with Crippen molar-refractivity contribution in [1.29, 1.82) is 0 Å². The van der Waals surface area contributed by atoms with E-state index >= 15 is 0 Å². The van der Waals surface area contributed by atoms with E-state index in [9.17, 15) is 0 Å².